The van der Waals surface area contributed by atoms with Gasteiger partial charge in [-0.05, 0) is 48.4 Å². The Balaban J connectivity index is 1.66. The lowest BCUT2D eigenvalue weighted by atomic mass is 9.82. The minimum Gasteiger partial charge on any atom is -0.497 e. The number of aromatic amines is 1. The van der Waals surface area contributed by atoms with E-state index in [1.165, 1.54) is 6.07 Å². The van der Waals surface area contributed by atoms with Gasteiger partial charge >= 0.3 is 11.6 Å². The molecule has 0 amide bonds. The van der Waals surface area contributed by atoms with Gasteiger partial charge in [-0.3, -0.25) is 9.59 Å². The predicted octanol–water partition coefficient (Wildman–Crippen LogP) is 5.06. The second-order valence-electron chi connectivity index (χ2n) is 8.89. The molecular formula is C29H21NO6. The number of methoxy groups -OCH3 is 1. The molecule has 1 atom stereocenters. The zero-order valence-electron chi connectivity index (χ0n) is 19.6. The second-order valence-corrected chi connectivity index (χ2v) is 8.89. The molecule has 7 nitrogen and oxygen atoms in total. The SMILES string of the molecule is COc1ccc2[nH]c(=O)c([C@H]3CC(=O)Oc4c3c(C)cc3oc(=O)cc(-c5ccccc5)c43)cc2c1. The van der Waals surface area contributed by atoms with E-state index < -0.39 is 17.5 Å². The van der Waals surface area contributed by atoms with Gasteiger partial charge in [-0.2, -0.15) is 0 Å². The van der Waals surface area contributed by atoms with Gasteiger partial charge in [0.05, 0.1) is 18.9 Å². The molecule has 2 aromatic heterocycles. The summed E-state index contributed by atoms with van der Waals surface area (Å²) in [5.74, 6) is -0.0250. The van der Waals surface area contributed by atoms with Crippen LogP contribution in [-0.2, 0) is 4.79 Å². The van der Waals surface area contributed by atoms with Gasteiger partial charge in [-0.25, -0.2) is 4.79 Å². The molecule has 36 heavy (non-hydrogen) atoms. The number of pyridine rings is 1. The smallest absolute Gasteiger partial charge is 0.336 e. The highest BCUT2D eigenvalue weighted by Crippen LogP contribution is 2.46. The van der Waals surface area contributed by atoms with Crippen molar-refractivity contribution in [3.63, 3.8) is 0 Å². The summed E-state index contributed by atoms with van der Waals surface area (Å²) in [7, 11) is 1.58. The molecule has 0 aliphatic carbocycles. The van der Waals surface area contributed by atoms with E-state index in [0.717, 1.165) is 22.1 Å². The highest BCUT2D eigenvalue weighted by Gasteiger charge is 2.34. The molecule has 0 spiro atoms. The van der Waals surface area contributed by atoms with Crippen LogP contribution in [0.25, 0.3) is 33.0 Å². The molecule has 6 rings (SSSR count). The maximum absolute atomic E-state index is 13.2. The zero-order valence-corrected chi connectivity index (χ0v) is 19.6. The molecule has 0 saturated heterocycles. The molecule has 178 valence electrons. The van der Waals surface area contributed by atoms with Crippen LogP contribution >= 0.6 is 0 Å². The molecule has 0 saturated carbocycles. The van der Waals surface area contributed by atoms with Crippen LogP contribution in [0.2, 0.25) is 0 Å². The fraction of sp³-hybridized carbons (Fsp3) is 0.138. The number of aryl methyl sites for hydroxylation is 1. The molecule has 5 aromatic rings. The molecule has 3 aromatic carbocycles. The number of fused-ring (bicyclic) bond motifs is 4. The summed E-state index contributed by atoms with van der Waals surface area (Å²) in [6.07, 6.45) is 0.00928. The van der Waals surface area contributed by atoms with E-state index in [2.05, 4.69) is 4.98 Å². The van der Waals surface area contributed by atoms with Crippen LogP contribution in [0, 0.1) is 6.92 Å². The number of hydrogen-bond donors (Lipinski definition) is 1. The summed E-state index contributed by atoms with van der Waals surface area (Å²) in [5, 5.41) is 1.32. The fourth-order valence-corrected chi connectivity index (χ4v) is 5.10. The summed E-state index contributed by atoms with van der Waals surface area (Å²) in [6.45, 7) is 1.86. The van der Waals surface area contributed by atoms with Gasteiger partial charge in [0.1, 0.15) is 17.1 Å². The Hall–Kier alpha value is -4.65. The lowest BCUT2D eigenvalue weighted by Gasteiger charge is -2.28. The Morgan fingerprint density at radius 2 is 1.78 bits per heavy atom. The molecule has 1 N–H and O–H groups in total. The monoisotopic (exact) mass is 479 g/mol. The third-order valence-electron chi connectivity index (χ3n) is 6.71. The van der Waals surface area contributed by atoms with Crippen molar-refractivity contribution in [3.8, 4) is 22.6 Å². The standard InChI is InChI=1S/C29H21NO6/c1-15-10-23-27(19(13-24(31)35-23)16-6-4-3-5-7-16)28-26(15)20(14-25(32)36-28)21-12-17-11-18(34-2)8-9-22(17)30-29(21)33/h3-13,20H,14H2,1-2H3,(H,30,33)/t20-/m1/s1. The lowest BCUT2D eigenvalue weighted by Crippen LogP contribution is -2.26. The maximum Gasteiger partial charge on any atom is 0.336 e. The van der Waals surface area contributed by atoms with Crippen LogP contribution in [0.5, 0.6) is 11.5 Å². The van der Waals surface area contributed by atoms with Gasteiger partial charge < -0.3 is 18.9 Å². The number of carbonyl (C=O) groups excluding carboxylic acids is 1. The molecule has 0 unspecified atom stereocenters. The molecule has 0 fully saturated rings. The van der Waals surface area contributed by atoms with Crippen molar-refractivity contribution in [1.82, 2.24) is 4.98 Å². The predicted molar refractivity (Wildman–Crippen MR) is 136 cm³/mol. The van der Waals surface area contributed by atoms with E-state index in [4.69, 9.17) is 13.9 Å². The number of rotatable bonds is 3. The van der Waals surface area contributed by atoms with Gasteiger partial charge in [0.25, 0.3) is 5.56 Å². The minimum atomic E-state index is -0.541. The van der Waals surface area contributed by atoms with Crippen molar-refractivity contribution in [2.75, 3.05) is 7.11 Å². The van der Waals surface area contributed by atoms with E-state index in [1.807, 2.05) is 43.3 Å². The highest BCUT2D eigenvalue weighted by molar-refractivity contribution is 6.01. The average molecular weight is 479 g/mol. The van der Waals surface area contributed by atoms with Gasteiger partial charge in [0.15, 0.2) is 0 Å². The van der Waals surface area contributed by atoms with Crippen molar-refractivity contribution in [1.29, 1.82) is 0 Å². The van der Waals surface area contributed by atoms with Crippen LogP contribution < -0.4 is 20.7 Å². The molecular weight excluding hydrogens is 458 g/mol. The van der Waals surface area contributed by atoms with Crippen LogP contribution in [0.15, 0.2) is 80.7 Å². The Bertz CT molecular complexity index is 1800. The first-order chi connectivity index (χ1) is 17.4. The van der Waals surface area contributed by atoms with Gasteiger partial charge in [-0.1, -0.05) is 30.3 Å². The Kier molecular flexibility index (Phi) is 5.00. The Morgan fingerprint density at radius 1 is 0.972 bits per heavy atom. The molecule has 1 aliphatic heterocycles. The number of benzene rings is 3. The van der Waals surface area contributed by atoms with Crippen molar-refractivity contribution < 1.29 is 18.7 Å². The normalized spacial score (nSPS) is 15.1. The van der Waals surface area contributed by atoms with Crippen molar-refractivity contribution in [2.45, 2.75) is 19.3 Å². The highest BCUT2D eigenvalue weighted by atomic mass is 16.5. The maximum atomic E-state index is 13.2. The Morgan fingerprint density at radius 3 is 2.56 bits per heavy atom. The summed E-state index contributed by atoms with van der Waals surface area (Å²) < 4.78 is 16.7. The van der Waals surface area contributed by atoms with Crippen LogP contribution in [-0.4, -0.2) is 18.1 Å². The van der Waals surface area contributed by atoms with E-state index in [1.54, 1.807) is 31.4 Å². The van der Waals surface area contributed by atoms with E-state index >= 15 is 0 Å². The number of hydrogen-bond acceptors (Lipinski definition) is 6. The summed E-state index contributed by atoms with van der Waals surface area (Å²) in [6, 6.07) is 19.8. The van der Waals surface area contributed by atoms with E-state index in [-0.39, 0.29) is 12.0 Å². The first-order valence-corrected chi connectivity index (χ1v) is 11.5. The number of carbonyl (C=O) groups is 1. The average Bonchev–Trinajstić information content (AvgIpc) is 2.87. The molecule has 0 bridgehead atoms. The van der Waals surface area contributed by atoms with Crippen molar-refractivity contribution in [3.05, 3.63) is 104 Å². The number of esters is 1. The van der Waals surface area contributed by atoms with Gasteiger partial charge in [0, 0.05) is 39.6 Å². The van der Waals surface area contributed by atoms with Crippen LogP contribution in [0.4, 0.5) is 0 Å². The third kappa shape index (κ3) is 3.48. The number of H-pyrrole nitrogens is 1. The molecule has 3 heterocycles. The topological polar surface area (TPSA) is 98.6 Å². The zero-order chi connectivity index (χ0) is 25.0. The molecule has 7 heteroatoms. The van der Waals surface area contributed by atoms with Gasteiger partial charge in [-0.15, -0.1) is 0 Å². The summed E-state index contributed by atoms with van der Waals surface area (Å²) in [5.41, 5.74) is 3.54. The number of aromatic nitrogens is 1. The summed E-state index contributed by atoms with van der Waals surface area (Å²) >= 11 is 0. The third-order valence-corrected chi connectivity index (χ3v) is 6.71. The lowest BCUT2D eigenvalue weighted by molar-refractivity contribution is -0.135. The second kappa shape index (κ2) is 8.23. The van der Waals surface area contributed by atoms with Crippen LogP contribution in [0.3, 0.4) is 0 Å². The van der Waals surface area contributed by atoms with E-state index in [0.29, 0.717) is 39.1 Å². The number of ether oxygens (including phenoxy) is 2. The van der Waals surface area contributed by atoms with Crippen molar-refractivity contribution in [2.24, 2.45) is 0 Å². The Labute approximate surface area is 204 Å². The summed E-state index contributed by atoms with van der Waals surface area (Å²) in [4.78, 5) is 41.4. The molecule has 0 radical (unpaired) electrons. The minimum absolute atomic E-state index is 0.00928. The van der Waals surface area contributed by atoms with Crippen LogP contribution in [0.1, 0.15) is 29.0 Å². The number of nitrogens with one attached hydrogen (secondary N) is 1. The first kappa shape index (κ1) is 21.9. The van der Waals surface area contributed by atoms with Crippen molar-refractivity contribution >= 4 is 27.8 Å². The van der Waals surface area contributed by atoms with E-state index in [9.17, 15) is 14.4 Å². The van der Waals surface area contributed by atoms with Gasteiger partial charge in [0.2, 0.25) is 0 Å². The quantitative estimate of drug-likeness (QED) is 0.221. The largest absolute Gasteiger partial charge is 0.497 e. The first-order valence-electron chi connectivity index (χ1n) is 11.5. The fourth-order valence-electron chi connectivity index (χ4n) is 5.10. The molecule has 1 aliphatic rings.